The van der Waals surface area contributed by atoms with Gasteiger partial charge in [-0.1, -0.05) is 103 Å². The summed E-state index contributed by atoms with van der Waals surface area (Å²) in [5, 5.41) is 28.3. The molecule has 1 rings (SSSR count). The van der Waals surface area contributed by atoms with E-state index >= 15 is 0 Å². The van der Waals surface area contributed by atoms with Crippen molar-refractivity contribution in [1.82, 2.24) is 0 Å². The molecule has 0 saturated heterocycles. The second-order valence-electron chi connectivity index (χ2n) is 8.44. The molecule has 2 atom stereocenters. The maximum atomic E-state index is 11.7. The molecule has 0 unspecified atom stereocenters. The molecule has 0 aromatic carbocycles. The summed E-state index contributed by atoms with van der Waals surface area (Å²) in [6.45, 7) is 1.99. The fraction of sp³-hybridized carbons (Fsp3) is 0.875. The number of aliphatic hydroxyl groups is 3. The van der Waals surface area contributed by atoms with E-state index in [-0.39, 0.29) is 5.76 Å². The van der Waals surface area contributed by atoms with E-state index in [1.54, 1.807) is 0 Å². The van der Waals surface area contributed by atoms with Gasteiger partial charge in [0, 0.05) is 0 Å². The maximum Gasteiger partial charge on any atom is 0.378 e. The second-order valence-corrected chi connectivity index (χ2v) is 8.44. The van der Waals surface area contributed by atoms with Gasteiger partial charge in [0.2, 0.25) is 5.76 Å². The molecule has 1 heterocycles. The molecule has 0 aliphatic carbocycles. The van der Waals surface area contributed by atoms with Crippen LogP contribution in [0.3, 0.4) is 0 Å². The van der Waals surface area contributed by atoms with Gasteiger partial charge in [-0.15, -0.1) is 0 Å². The zero-order chi connectivity index (χ0) is 22.0. The van der Waals surface area contributed by atoms with Gasteiger partial charge >= 0.3 is 5.97 Å². The Morgan fingerprint density at radius 3 is 1.70 bits per heavy atom. The predicted molar refractivity (Wildman–Crippen MR) is 118 cm³/mol. The lowest BCUT2D eigenvalue weighted by Gasteiger charge is -2.13. The first-order valence-corrected chi connectivity index (χ1v) is 12.2. The summed E-state index contributed by atoms with van der Waals surface area (Å²) in [5.74, 6) is -1.46. The van der Waals surface area contributed by atoms with Gasteiger partial charge in [-0.2, -0.15) is 0 Å². The smallest absolute Gasteiger partial charge is 0.378 e. The number of carbonyl (C=O) groups excluding carboxylic acids is 1. The highest BCUT2D eigenvalue weighted by Crippen LogP contribution is 2.24. The van der Waals surface area contributed by atoms with Crippen molar-refractivity contribution in [1.29, 1.82) is 0 Å². The molecule has 0 bridgehead atoms. The number of esters is 1. The van der Waals surface area contributed by atoms with E-state index in [0.717, 1.165) is 19.3 Å². The Hall–Kier alpha value is -1.27. The Morgan fingerprint density at radius 2 is 1.27 bits per heavy atom. The number of rotatable bonds is 20. The van der Waals surface area contributed by atoms with Gasteiger partial charge in [0.25, 0.3) is 0 Å². The second kappa shape index (κ2) is 17.4. The Kier molecular flexibility index (Phi) is 15.5. The molecule has 0 radical (unpaired) electrons. The molecule has 0 saturated carbocycles. The van der Waals surface area contributed by atoms with Crippen molar-refractivity contribution in [3.05, 3.63) is 11.5 Å². The molecule has 1 aliphatic rings. The van der Waals surface area contributed by atoms with Crippen LogP contribution in [0, 0.1) is 0 Å². The average molecular weight is 429 g/mol. The molecule has 176 valence electrons. The van der Waals surface area contributed by atoms with E-state index in [4.69, 9.17) is 14.6 Å². The highest BCUT2D eigenvalue weighted by molar-refractivity contribution is 5.89. The minimum atomic E-state index is -1.34. The number of ether oxygens (including phenoxy) is 2. The van der Waals surface area contributed by atoms with Crippen LogP contribution in [0.2, 0.25) is 0 Å². The molecule has 6 heteroatoms. The third-order valence-corrected chi connectivity index (χ3v) is 5.70. The molecule has 0 spiro atoms. The first-order valence-electron chi connectivity index (χ1n) is 12.2. The summed E-state index contributed by atoms with van der Waals surface area (Å²) < 4.78 is 10.2. The molecule has 30 heavy (non-hydrogen) atoms. The lowest BCUT2D eigenvalue weighted by atomic mass is 10.0. The summed E-state index contributed by atoms with van der Waals surface area (Å²) >= 11 is 0. The molecule has 0 aromatic heterocycles. The van der Waals surface area contributed by atoms with E-state index in [0.29, 0.717) is 6.61 Å². The summed E-state index contributed by atoms with van der Waals surface area (Å²) in [6, 6.07) is 0. The summed E-state index contributed by atoms with van der Waals surface area (Å²) in [6.07, 6.45) is 18.0. The maximum absolute atomic E-state index is 11.7. The topological polar surface area (TPSA) is 96.2 Å². The van der Waals surface area contributed by atoms with E-state index in [2.05, 4.69) is 6.92 Å². The first-order chi connectivity index (χ1) is 14.6. The van der Waals surface area contributed by atoms with Crippen LogP contribution in [-0.2, 0) is 14.3 Å². The fourth-order valence-corrected chi connectivity index (χ4v) is 3.77. The van der Waals surface area contributed by atoms with Crippen molar-refractivity contribution >= 4 is 5.97 Å². The number of hydrogen-bond donors (Lipinski definition) is 3. The van der Waals surface area contributed by atoms with Crippen LogP contribution in [0.4, 0.5) is 0 Å². The molecule has 6 nitrogen and oxygen atoms in total. The molecule has 0 amide bonds. The average Bonchev–Trinajstić information content (AvgIpc) is 3.03. The van der Waals surface area contributed by atoms with E-state index in [9.17, 15) is 15.0 Å². The van der Waals surface area contributed by atoms with E-state index in [1.807, 2.05) is 0 Å². The highest BCUT2D eigenvalue weighted by atomic mass is 16.6. The standard InChI is InChI=1S/C24H44O6/c1-2-3-4-5-6-7-8-9-10-11-12-13-14-15-16-17-18-29-23-21(27)22(20(26)19-25)30-24(23)28/h20,22,25-27H,2-19H2,1H3/t20-,22+/m0/s1. The molecule has 0 aromatic rings. The van der Waals surface area contributed by atoms with Crippen molar-refractivity contribution in [3.63, 3.8) is 0 Å². The number of aliphatic hydroxyl groups excluding tert-OH is 3. The highest BCUT2D eigenvalue weighted by Gasteiger charge is 2.40. The normalized spacial score (nSPS) is 17.4. The predicted octanol–water partition coefficient (Wildman–Crippen LogP) is 5.31. The van der Waals surface area contributed by atoms with Crippen molar-refractivity contribution < 1.29 is 29.6 Å². The van der Waals surface area contributed by atoms with Crippen molar-refractivity contribution in [3.8, 4) is 0 Å². The third kappa shape index (κ3) is 11.2. The summed E-state index contributed by atoms with van der Waals surface area (Å²) in [5.41, 5.74) is 0. The van der Waals surface area contributed by atoms with Crippen molar-refractivity contribution in [2.45, 2.75) is 122 Å². The van der Waals surface area contributed by atoms with Crippen LogP contribution >= 0.6 is 0 Å². The zero-order valence-electron chi connectivity index (χ0n) is 18.9. The van der Waals surface area contributed by atoms with Gasteiger partial charge in [-0.25, -0.2) is 4.79 Å². The Morgan fingerprint density at radius 1 is 0.833 bits per heavy atom. The minimum Gasteiger partial charge on any atom is -0.505 e. The van der Waals surface area contributed by atoms with Gasteiger partial charge < -0.3 is 24.8 Å². The molecular formula is C24H44O6. The first kappa shape index (κ1) is 26.8. The number of unbranched alkanes of at least 4 members (excludes halogenated alkanes) is 15. The van der Waals surface area contributed by atoms with Gasteiger partial charge in [-0.3, -0.25) is 0 Å². The minimum absolute atomic E-state index is 0.242. The Balaban J connectivity index is 1.89. The van der Waals surface area contributed by atoms with E-state index in [1.165, 1.54) is 83.5 Å². The van der Waals surface area contributed by atoms with Gasteiger partial charge in [0.1, 0.15) is 6.10 Å². The quantitative estimate of drug-likeness (QED) is 0.180. The van der Waals surface area contributed by atoms with Gasteiger partial charge in [0.15, 0.2) is 11.9 Å². The molecular weight excluding hydrogens is 384 g/mol. The SMILES string of the molecule is CCCCCCCCCCCCCCCCCCOC1=C(O)[C@@H]([C@@H](O)CO)OC1=O. The van der Waals surface area contributed by atoms with Crippen LogP contribution in [0.1, 0.15) is 110 Å². The lowest BCUT2D eigenvalue weighted by Crippen LogP contribution is -2.31. The van der Waals surface area contributed by atoms with Crippen LogP contribution in [0.15, 0.2) is 11.5 Å². The fourth-order valence-electron chi connectivity index (χ4n) is 3.77. The van der Waals surface area contributed by atoms with Crippen LogP contribution in [0.5, 0.6) is 0 Å². The summed E-state index contributed by atoms with van der Waals surface area (Å²) in [4.78, 5) is 11.7. The van der Waals surface area contributed by atoms with Gasteiger partial charge in [-0.05, 0) is 6.42 Å². The largest absolute Gasteiger partial charge is 0.505 e. The van der Waals surface area contributed by atoms with Gasteiger partial charge in [0.05, 0.1) is 13.2 Å². The van der Waals surface area contributed by atoms with Crippen LogP contribution in [-0.4, -0.2) is 46.7 Å². The van der Waals surface area contributed by atoms with E-state index < -0.39 is 30.5 Å². The third-order valence-electron chi connectivity index (χ3n) is 5.70. The number of cyclic esters (lactones) is 1. The number of hydrogen-bond acceptors (Lipinski definition) is 6. The summed E-state index contributed by atoms with van der Waals surface area (Å²) in [7, 11) is 0. The van der Waals surface area contributed by atoms with Crippen molar-refractivity contribution in [2.75, 3.05) is 13.2 Å². The van der Waals surface area contributed by atoms with Crippen molar-refractivity contribution in [2.24, 2.45) is 0 Å². The Bertz CT molecular complexity index is 476. The van der Waals surface area contributed by atoms with Crippen LogP contribution in [0.25, 0.3) is 0 Å². The van der Waals surface area contributed by atoms with Crippen LogP contribution < -0.4 is 0 Å². The number of carbonyl (C=O) groups is 1. The molecule has 1 aliphatic heterocycles. The zero-order valence-corrected chi connectivity index (χ0v) is 18.9. The Labute approximate surface area is 182 Å². The lowest BCUT2D eigenvalue weighted by molar-refractivity contribution is -0.148. The molecule has 3 N–H and O–H groups in total. The molecule has 0 fully saturated rings. The monoisotopic (exact) mass is 428 g/mol.